The van der Waals surface area contributed by atoms with Gasteiger partial charge in [0.25, 0.3) is 0 Å². The highest BCUT2D eigenvalue weighted by molar-refractivity contribution is 5.78. The van der Waals surface area contributed by atoms with Gasteiger partial charge in [-0.1, -0.05) is 53.2 Å². The monoisotopic (exact) mass is 970 g/mol. The van der Waals surface area contributed by atoms with Gasteiger partial charge in [0.05, 0.1) is 30.3 Å². The number of carboxylic acids is 2. The molecule has 0 amide bonds. The van der Waals surface area contributed by atoms with Crippen LogP contribution in [-0.4, -0.2) is 185 Å². The van der Waals surface area contributed by atoms with Crippen molar-refractivity contribution in [1.29, 1.82) is 0 Å². The van der Waals surface area contributed by atoms with Gasteiger partial charge in [0, 0.05) is 0 Å². The van der Waals surface area contributed by atoms with Gasteiger partial charge in [-0.25, -0.2) is 4.79 Å². The summed E-state index contributed by atoms with van der Waals surface area (Å²) in [4.78, 5) is 39.9. The molecule has 0 spiro atoms. The minimum atomic E-state index is -2.15. The number of allylic oxidation sites excluding steroid dienone is 2. The summed E-state index contributed by atoms with van der Waals surface area (Å²) in [5.41, 5.74) is -3.12. The highest BCUT2D eigenvalue weighted by Gasteiger charge is 2.72. The number of rotatable bonds is 10. The van der Waals surface area contributed by atoms with Gasteiger partial charge in [0.1, 0.15) is 72.7 Å². The fraction of sp³-hybridized carbons (Fsp3) is 0.896. The number of hydrogen-bond acceptors (Lipinski definition) is 18. The highest BCUT2D eigenvalue weighted by atomic mass is 16.8. The van der Waals surface area contributed by atoms with E-state index >= 15 is 0 Å². The van der Waals surface area contributed by atoms with Gasteiger partial charge in [0.15, 0.2) is 25.0 Å². The Morgan fingerprint density at radius 3 is 1.96 bits per heavy atom. The lowest BCUT2D eigenvalue weighted by molar-refractivity contribution is -0.394. The van der Waals surface area contributed by atoms with Crippen molar-refractivity contribution in [3.8, 4) is 0 Å². The summed E-state index contributed by atoms with van der Waals surface area (Å²) < 4.78 is 36.2. The predicted octanol–water partition coefficient (Wildman–Crippen LogP) is -0.0241. The van der Waals surface area contributed by atoms with E-state index in [9.17, 15) is 70.6 Å². The Labute approximate surface area is 395 Å². The molecule has 3 heterocycles. The van der Waals surface area contributed by atoms with E-state index < -0.39 is 150 Å². The average molecular weight is 971 g/mol. The van der Waals surface area contributed by atoms with Gasteiger partial charge in [-0.15, -0.1) is 0 Å². The van der Waals surface area contributed by atoms with Gasteiger partial charge >= 0.3 is 11.9 Å². The number of carbonyl (C=O) groups excluding carboxylic acids is 1. The third-order valence-electron chi connectivity index (χ3n) is 19.3. The molecule has 0 aromatic rings. The lowest BCUT2D eigenvalue weighted by atomic mass is 9.33. The number of aldehydes is 1. The van der Waals surface area contributed by atoms with Crippen LogP contribution in [0.3, 0.4) is 0 Å². The summed E-state index contributed by atoms with van der Waals surface area (Å²) in [6.45, 7) is 13.2. The van der Waals surface area contributed by atoms with E-state index in [4.69, 9.17) is 28.4 Å². The van der Waals surface area contributed by atoms with E-state index in [0.29, 0.717) is 44.9 Å². The molecule has 5 aliphatic carbocycles. The minimum absolute atomic E-state index is 0.0282. The van der Waals surface area contributed by atoms with Crippen LogP contribution in [0.4, 0.5) is 0 Å². The Morgan fingerprint density at radius 2 is 1.34 bits per heavy atom. The average Bonchev–Trinajstić information content (AvgIpc) is 3.27. The van der Waals surface area contributed by atoms with E-state index in [-0.39, 0.29) is 36.0 Å². The van der Waals surface area contributed by atoms with Crippen molar-refractivity contribution in [1.82, 2.24) is 0 Å². The maximum absolute atomic E-state index is 13.8. The van der Waals surface area contributed by atoms with E-state index in [1.165, 1.54) is 6.92 Å². The maximum Gasteiger partial charge on any atom is 0.335 e. The SMILES string of the molecule is CC1OC(OC2C(O)C(C(=O)O)OC(OC3CCC4(C)C(CCC5(C)C4CC=C4C6CC(C)(C)CCC6(C(=O)O)C(O)CC45C)C3(C)C=O)C2OC2OC(CO)C(O)C(O)C2O)C(O)C(O)C1O. The molecular formula is C48H74O20. The third-order valence-corrected chi connectivity index (χ3v) is 19.3. The van der Waals surface area contributed by atoms with Gasteiger partial charge in [-0.3, -0.25) is 4.79 Å². The van der Waals surface area contributed by atoms with Crippen LogP contribution < -0.4 is 0 Å². The molecule has 20 nitrogen and oxygen atoms in total. The first-order valence-electron chi connectivity index (χ1n) is 24.3. The van der Waals surface area contributed by atoms with Crippen LogP contribution in [0, 0.1) is 50.2 Å². The molecule has 0 aromatic heterocycles. The molecular weight excluding hydrogens is 897 g/mol. The van der Waals surface area contributed by atoms with Crippen LogP contribution in [0.5, 0.6) is 0 Å². The lowest BCUT2D eigenvalue weighted by Crippen LogP contribution is -2.69. The summed E-state index contributed by atoms with van der Waals surface area (Å²) in [7, 11) is 0. The van der Waals surface area contributed by atoms with E-state index in [0.717, 1.165) is 11.9 Å². The molecule has 0 bridgehead atoms. The molecule has 8 rings (SSSR count). The molecule has 3 saturated heterocycles. The molecule has 68 heavy (non-hydrogen) atoms. The van der Waals surface area contributed by atoms with Crippen LogP contribution in [0.1, 0.15) is 106 Å². The highest BCUT2D eigenvalue weighted by Crippen LogP contribution is 2.76. The van der Waals surface area contributed by atoms with Crippen molar-refractivity contribution in [3.05, 3.63) is 11.6 Å². The van der Waals surface area contributed by atoms with Crippen molar-refractivity contribution >= 4 is 18.2 Å². The Hall–Kier alpha value is -2.25. The summed E-state index contributed by atoms with van der Waals surface area (Å²) in [5, 5.41) is 119. The molecule has 0 radical (unpaired) electrons. The van der Waals surface area contributed by atoms with Crippen molar-refractivity contribution in [3.63, 3.8) is 0 Å². The molecule has 386 valence electrons. The second kappa shape index (κ2) is 18.0. The van der Waals surface area contributed by atoms with E-state index in [2.05, 4.69) is 40.7 Å². The number of aliphatic hydroxyl groups excluding tert-OH is 9. The van der Waals surface area contributed by atoms with Crippen LogP contribution >= 0.6 is 0 Å². The topological polar surface area (TPSA) is 329 Å². The molecule has 3 aliphatic heterocycles. The maximum atomic E-state index is 13.8. The van der Waals surface area contributed by atoms with E-state index in [1.54, 1.807) is 6.92 Å². The first kappa shape index (κ1) is 52.1. The Balaban J connectivity index is 1.13. The standard InChI is InChI=1S/C48H74O20/c1-20-28(52)30(54)32(56)39(63-20)66-35-34(58)36(38(59)60)67-41(37(35)68-40-33(57)31(55)29(53)23(18-49)64-40)65-27-11-12-44(4)24(45(27,5)19-50)10-13-46(6)25(44)9-8-21-22-16-43(2,3)14-15-48(22,42(61)62)26(51)17-47(21,46)7/h8,19-20,22-37,39-41,49,51-58H,9-18H2,1-7H3,(H,59,60)(H,61,62). The molecule has 7 fully saturated rings. The van der Waals surface area contributed by atoms with Gasteiger partial charge in [-0.05, 0) is 104 Å². The first-order valence-corrected chi connectivity index (χ1v) is 24.3. The predicted molar refractivity (Wildman–Crippen MR) is 231 cm³/mol. The number of carbonyl (C=O) groups is 3. The largest absolute Gasteiger partial charge is 0.481 e. The van der Waals surface area contributed by atoms with Crippen LogP contribution in [0.2, 0.25) is 0 Å². The Kier molecular flexibility index (Phi) is 13.8. The molecule has 25 atom stereocenters. The smallest absolute Gasteiger partial charge is 0.335 e. The molecule has 4 saturated carbocycles. The number of hydrogen-bond donors (Lipinski definition) is 11. The number of ether oxygens (including phenoxy) is 6. The first-order chi connectivity index (χ1) is 31.7. The van der Waals surface area contributed by atoms with Crippen LogP contribution in [0.25, 0.3) is 0 Å². The number of carboxylic acid groups (broad SMARTS) is 2. The summed E-state index contributed by atoms with van der Waals surface area (Å²) >= 11 is 0. The van der Waals surface area contributed by atoms with E-state index in [1.807, 2.05) is 0 Å². The Bertz CT molecular complexity index is 1950. The summed E-state index contributed by atoms with van der Waals surface area (Å²) in [5.74, 6) is -3.37. The van der Waals surface area contributed by atoms with Gasteiger partial charge in [-0.2, -0.15) is 0 Å². The van der Waals surface area contributed by atoms with Crippen LogP contribution in [0.15, 0.2) is 11.6 Å². The minimum Gasteiger partial charge on any atom is -0.481 e. The van der Waals surface area contributed by atoms with Crippen molar-refractivity contribution in [2.24, 2.45) is 50.2 Å². The van der Waals surface area contributed by atoms with Crippen molar-refractivity contribution < 1.29 is 99.0 Å². The van der Waals surface area contributed by atoms with Gasteiger partial charge in [0.2, 0.25) is 0 Å². The fourth-order valence-electron chi connectivity index (χ4n) is 15.0. The zero-order valence-corrected chi connectivity index (χ0v) is 39.9. The second-order valence-electron chi connectivity index (χ2n) is 23.3. The Morgan fingerprint density at radius 1 is 0.706 bits per heavy atom. The summed E-state index contributed by atoms with van der Waals surface area (Å²) in [6, 6.07) is 0. The summed E-state index contributed by atoms with van der Waals surface area (Å²) in [6.07, 6.45) is -21.9. The zero-order valence-electron chi connectivity index (χ0n) is 39.9. The van der Waals surface area contributed by atoms with Gasteiger partial charge < -0.3 is 89.4 Å². The number of aliphatic carboxylic acids is 2. The van der Waals surface area contributed by atoms with Crippen molar-refractivity contribution in [2.75, 3.05) is 6.61 Å². The third kappa shape index (κ3) is 7.77. The van der Waals surface area contributed by atoms with Crippen LogP contribution in [-0.2, 0) is 42.8 Å². The lowest BCUT2D eigenvalue weighted by Gasteiger charge is -2.71. The molecule has 20 heteroatoms. The molecule has 11 N–H and O–H groups in total. The molecule has 0 aromatic carbocycles. The second-order valence-corrected chi connectivity index (χ2v) is 23.3. The number of aliphatic hydroxyl groups is 9. The normalized spacial score (nSPS) is 54.5. The zero-order chi connectivity index (χ0) is 50.0. The number of fused-ring (bicyclic) bond motifs is 7. The van der Waals surface area contributed by atoms with Crippen molar-refractivity contribution in [2.45, 2.75) is 211 Å². The molecule has 8 aliphatic rings. The quantitative estimate of drug-likeness (QED) is 0.0778. The molecule has 25 unspecified atom stereocenters. The fourth-order valence-corrected chi connectivity index (χ4v) is 15.0.